The maximum absolute atomic E-state index is 12.7. The van der Waals surface area contributed by atoms with Gasteiger partial charge < -0.3 is 27.9 Å². The zero-order valence-electron chi connectivity index (χ0n) is 41.1. The number of nitrogens with zero attached hydrogens (tertiary/aromatic N) is 1. The second-order valence-corrected chi connectivity index (χ2v) is 20.0. The number of rotatable bonds is 47. The van der Waals surface area contributed by atoms with Gasteiger partial charge in [-0.1, -0.05) is 211 Å². The highest BCUT2D eigenvalue weighted by Crippen LogP contribution is 2.38. The maximum Gasteiger partial charge on any atom is 0.306 e. The van der Waals surface area contributed by atoms with Crippen LogP contribution in [0.5, 0.6) is 0 Å². The summed E-state index contributed by atoms with van der Waals surface area (Å²) in [5, 5.41) is 0. The molecule has 0 saturated heterocycles. The van der Waals surface area contributed by atoms with E-state index in [1.807, 2.05) is 21.1 Å². The van der Waals surface area contributed by atoms with E-state index in [1.165, 1.54) is 148 Å². The van der Waals surface area contributed by atoms with Crippen molar-refractivity contribution in [1.29, 1.82) is 0 Å². The van der Waals surface area contributed by atoms with Crippen LogP contribution in [0.2, 0.25) is 0 Å². The molecule has 0 heterocycles. The molecule has 9 nitrogen and oxygen atoms in total. The van der Waals surface area contributed by atoms with E-state index in [2.05, 4.69) is 50.3 Å². The van der Waals surface area contributed by atoms with Gasteiger partial charge in [-0.3, -0.25) is 14.2 Å². The molecule has 364 valence electrons. The number of quaternary nitrogens is 1. The third kappa shape index (κ3) is 47.7. The molecule has 0 saturated carbocycles. The summed E-state index contributed by atoms with van der Waals surface area (Å²) in [5.41, 5.74) is 0. The van der Waals surface area contributed by atoms with Crippen molar-refractivity contribution in [1.82, 2.24) is 0 Å². The molecule has 0 amide bonds. The second kappa shape index (κ2) is 44.4. The average Bonchev–Trinajstić information content (AvgIpc) is 3.23. The molecular weight excluding hydrogens is 798 g/mol. The first-order valence-electron chi connectivity index (χ1n) is 25.7. The van der Waals surface area contributed by atoms with Gasteiger partial charge in [-0.15, -0.1) is 0 Å². The zero-order chi connectivity index (χ0) is 45.7. The SMILES string of the molecule is CCCCCCCC/C=C\C/C=C\C/C=C\CCCC(=O)OC[C@H](COP(=O)([O-])OCC[N+](C)(C)C)OC(=O)CCCCCCCCCCCCCCCCCCCCCCC. The van der Waals surface area contributed by atoms with E-state index in [4.69, 9.17) is 18.5 Å². The van der Waals surface area contributed by atoms with E-state index in [0.29, 0.717) is 23.9 Å². The van der Waals surface area contributed by atoms with E-state index < -0.39 is 32.5 Å². The Kier molecular flexibility index (Phi) is 43.2. The van der Waals surface area contributed by atoms with Crippen LogP contribution in [0.15, 0.2) is 36.5 Å². The van der Waals surface area contributed by atoms with E-state index in [1.54, 1.807) is 0 Å². The van der Waals surface area contributed by atoms with Gasteiger partial charge in [-0.05, 0) is 44.9 Å². The van der Waals surface area contributed by atoms with Crippen LogP contribution in [-0.2, 0) is 32.7 Å². The number of likely N-dealkylation sites (N-methyl/N-ethyl adjacent to an activating group) is 1. The lowest BCUT2D eigenvalue weighted by molar-refractivity contribution is -0.870. The standard InChI is InChI=1S/C52H98NO8P/c1-6-8-10-12-14-16-18-20-22-24-25-26-27-29-31-33-35-37-39-41-43-45-52(55)61-50(49-60-62(56,57)59-47-46-53(3,4)5)48-58-51(54)44-42-40-38-36-34-32-30-28-23-21-19-17-15-13-11-9-7-2/h21,23,30,32,36,38,50H,6-20,22,24-29,31,33-35,37,39-49H2,1-5H3/b23-21-,32-30-,38-36-/t50-/m1/s1. The van der Waals surface area contributed by atoms with E-state index in [-0.39, 0.29) is 26.1 Å². The number of allylic oxidation sites excluding steroid dienone is 6. The molecule has 0 aliphatic rings. The van der Waals surface area contributed by atoms with Crippen molar-refractivity contribution < 1.29 is 42.1 Å². The van der Waals surface area contributed by atoms with E-state index in [9.17, 15) is 19.0 Å². The highest BCUT2D eigenvalue weighted by atomic mass is 31.2. The van der Waals surface area contributed by atoms with Crippen molar-refractivity contribution in [2.45, 2.75) is 238 Å². The van der Waals surface area contributed by atoms with Crippen molar-refractivity contribution in [2.75, 3.05) is 47.5 Å². The maximum atomic E-state index is 12.7. The first-order chi connectivity index (χ1) is 30.0. The van der Waals surface area contributed by atoms with Crippen molar-refractivity contribution >= 4 is 19.8 Å². The van der Waals surface area contributed by atoms with Crippen LogP contribution >= 0.6 is 7.82 Å². The molecule has 0 aliphatic carbocycles. The molecule has 0 N–H and O–H groups in total. The van der Waals surface area contributed by atoms with Gasteiger partial charge in [0.2, 0.25) is 0 Å². The summed E-state index contributed by atoms with van der Waals surface area (Å²) in [6.07, 6.45) is 51.9. The number of carbonyl (C=O) groups excluding carboxylic acids is 2. The minimum Gasteiger partial charge on any atom is -0.756 e. The summed E-state index contributed by atoms with van der Waals surface area (Å²) in [5.74, 6) is -0.886. The Hall–Kier alpha value is -1.77. The van der Waals surface area contributed by atoms with Crippen LogP contribution < -0.4 is 4.89 Å². The van der Waals surface area contributed by atoms with Gasteiger partial charge in [0.05, 0.1) is 27.7 Å². The molecule has 0 aromatic carbocycles. The fraction of sp³-hybridized carbons (Fsp3) is 0.846. The molecule has 62 heavy (non-hydrogen) atoms. The van der Waals surface area contributed by atoms with Crippen LogP contribution in [0.25, 0.3) is 0 Å². The molecule has 0 rings (SSSR count). The molecule has 0 radical (unpaired) electrons. The lowest BCUT2D eigenvalue weighted by atomic mass is 10.0. The molecule has 2 atom stereocenters. The number of ether oxygens (including phenoxy) is 2. The summed E-state index contributed by atoms with van der Waals surface area (Å²) in [4.78, 5) is 37.7. The Morgan fingerprint density at radius 3 is 1.34 bits per heavy atom. The van der Waals surface area contributed by atoms with E-state index in [0.717, 1.165) is 44.9 Å². The molecular formula is C52H98NO8P. The van der Waals surface area contributed by atoms with Gasteiger partial charge in [-0.25, -0.2) is 0 Å². The number of phosphoric ester groups is 1. The van der Waals surface area contributed by atoms with Crippen molar-refractivity contribution in [3.8, 4) is 0 Å². The van der Waals surface area contributed by atoms with Crippen LogP contribution in [0.3, 0.4) is 0 Å². The zero-order valence-corrected chi connectivity index (χ0v) is 42.0. The highest BCUT2D eigenvalue weighted by molar-refractivity contribution is 7.45. The second-order valence-electron chi connectivity index (χ2n) is 18.5. The fourth-order valence-corrected chi connectivity index (χ4v) is 7.87. The Balaban J connectivity index is 4.29. The minimum atomic E-state index is -4.64. The topological polar surface area (TPSA) is 111 Å². The number of hydrogen-bond donors (Lipinski definition) is 0. The smallest absolute Gasteiger partial charge is 0.306 e. The predicted molar refractivity (Wildman–Crippen MR) is 259 cm³/mol. The van der Waals surface area contributed by atoms with Gasteiger partial charge in [0.15, 0.2) is 6.10 Å². The summed E-state index contributed by atoms with van der Waals surface area (Å²) in [6.45, 7) is 4.20. The van der Waals surface area contributed by atoms with Crippen LogP contribution in [-0.4, -0.2) is 70.0 Å². The third-order valence-corrected chi connectivity index (χ3v) is 12.1. The van der Waals surface area contributed by atoms with Crippen LogP contribution in [0, 0.1) is 0 Å². The fourth-order valence-electron chi connectivity index (χ4n) is 7.14. The molecule has 10 heteroatoms. The van der Waals surface area contributed by atoms with Gasteiger partial charge in [0.25, 0.3) is 7.82 Å². The number of hydrogen-bond acceptors (Lipinski definition) is 8. The molecule has 0 aromatic rings. The normalized spacial score (nSPS) is 13.7. The molecule has 0 bridgehead atoms. The number of esters is 2. The summed E-state index contributed by atoms with van der Waals surface area (Å²) < 4.78 is 34.0. The summed E-state index contributed by atoms with van der Waals surface area (Å²) in [7, 11) is 1.15. The minimum absolute atomic E-state index is 0.0371. The Labute approximate surface area is 382 Å². The summed E-state index contributed by atoms with van der Waals surface area (Å²) in [6, 6.07) is 0. The Morgan fingerprint density at radius 1 is 0.500 bits per heavy atom. The van der Waals surface area contributed by atoms with E-state index >= 15 is 0 Å². The van der Waals surface area contributed by atoms with Gasteiger partial charge >= 0.3 is 11.9 Å². The predicted octanol–water partition coefficient (Wildman–Crippen LogP) is 14.6. The highest BCUT2D eigenvalue weighted by Gasteiger charge is 2.21. The molecule has 0 aromatic heterocycles. The number of carbonyl (C=O) groups is 2. The first kappa shape index (κ1) is 60.2. The molecule has 0 spiro atoms. The monoisotopic (exact) mass is 896 g/mol. The summed E-state index contributed by atoms with van der Waals surface area (Å²) >= 11 is 0. The van der Waals surface area contributed by atoms with Crippen LogP contribution in [0.4, 0.5) is 0 Å². The molecule has 0 fully saturated rings. The van der Waals surface area contributed by atoms with Crippen molar-refractivity contribution in [3.63, 3.8) is 0 Å². The third-order valence-electron chi connectivity index (χ3n) is 11.2. The van der Waals surface area contributed by atoms with Crippen molar-refractivity contribution in [2.24, 2.45) is 0 Å². The van der Waals surface area contributed by atoms with Crippen LogP contribution in [0.1, 0.15) is 232 Å². The van der Waals surface area contributed by atoms with Crippen molar-refractivity contribution in [3.05, 3.63) is 36.5 Å². The lowest BCUT2D eigenvalue weighted by Crippen LogP contribution is -2.37. The molecule has 1 unspecified atom stereocenters. The van der Waals surface area contributed by atoms with Gasteiger partial charge in [0, 0.05) is 12.8 Å². The number of unbranched alkanes of at least 4 members (excludes halogenated alkanes) is 27. The Bertz CT molecular complexity index is 1150. The molecule has 0 aliphatic heterocycles. The average molecular weight is 896 g/mol. The number of phosphoric acid groups is 1. The lowest BCUT2D eigenvalue weighted by Gasteiger charge is -2.28. The first-order valence-corrected chi connectivity index (χ1v) is 27.2. The quantitative estimate of drug-likeness (QED) is 0.0195. The largest absolute Gasteiger partial charge is 0.756 e. The Morgan fingerprint density at radius 2 is 0.887 bits per heavy atom. The van der Waals surface area contributed by atoms with Gasteiger partial charge in [-0.2, -0.15) is 0 Å². The van der Waals surface area contributed by atoms with Gasteiger partial charge in [0.1, 0.15) is 19.8 Å².